The summed E-state index contributed by atoms with van der Waals surface area (Å²) in [5, 5.41) is 0. The summed E-state index contributed by atoms with van der Waals surface area (Å²) in [6.07, 6.45) is -0.191. The fraction of sp³-hybridized carbons (Fsp3) is 0.417. The number of carbonyl (C=O) groups excluding carboxylic acids is 1. The standard InChI is InChI=1S/C12H16O5/c1-8(2)16-17-12(13)10-6-5-9(14-3)7-11(10)15-4/h5-8H,1-4H3. The van der Waals surface area contributed by atoms with Gasteiger partial charge in [-0.25, -0.2) is 4.79 Å². The van der Waals surface area contributed by atoms with Crippen molar-refractivity contribution in [3.8, 4) is 11.5 Å². The molecular formula is C12H16O5. The lowest BCUT2D eigenvalue weighted by atomic mass is 10.2. The number of benzene rings is 1. The van der Waals surface area contributed by atoms with E-state index in [0.717, 1.165) is 0 Å². The van der Waals surface area contributed by atoms with E-state index >= 15 is 0 Å². The minimum atomic E-state index is -0.599. The lowest BCUT2D eigenvalue weighted by molar-refractivity contribution is -0.265. The van der Waals surface area contributed by atoms with Gasteiger partial charge in [0.05, 0.1) is 20.3 Å². The van der Waals surface area contributed by atoms with E-state index in [4.69, 9.17) is 14.4 Å². The van der Waals surface area contributed by atoms with Crippen LogP contribution in [-0.2, 0) is 9.78 Å². The van der Waals surface area contributed by atoms with E-state index in [2.05, 4.69) is 4.89 Å². The van der Waals surface area contributed by atoms with Gasteiger partial charge < -0.3 is 9.47 Å². The first-order chi connectivity index (χ1) is 8.08. The predicted octanol–water partition coefficient (Wildman–Crippen LogP) is 2.20. The average Bonchev–Trinajstić information content (AvgIpc) is 2.34. The highest BCUT2D eigenvalue weighted by molar-refractivity contribution is 5.92. The number of hydrogen-bond acceptors (Lipinski definition) is 5. The maximum absolute atomic E-state index is 11.7. The fourth-order valence-electron chi connectivity index (χ4n) is 1.15. The van der Waals surface area contributed by atoms with Crippen molar-refractivity contribution in [2.24, 2.45) is 0 Å². The minimum Gasteiger partial charge on any atom is -0.497 e. The van der Waals surface area contributed by atoms with Crippen molar-refractivity contribution in [3.05, 3.63) is 23.8 Å². The molecule has 1 aromatic rings. The highest BCUT2D eigenvalue weighted by Crippen LogP contribution is 2.25. The van der Waals surface area contributed by atoms with Crippen molar-refractivity contribution >= 4 is 5.97 Å². The normalized spacial score (nSPS) is 10.2. The van der Waals surface area contributed by atoms with Gasteiger partial charge >= 0.3 is 5.97 Å². The Kier molecular flexibility index (Phi) is 4.78. The van der Waals surface area contributed by atoms with E-state index in [0.29, 0.717) is 11.5 Å². The molecule has 0 saturated heterocycles. The molecule has 0 aliphatic heterocycles. The van der Waals surface area contributed by atoms with Crippen LogP contribution in [0, 0.1) is 0 Å². The Bertz CT molecular complexity index is 386. The minimum absolute atomic E-state index is 0.191. The van der Waals surface area contributed by atoms with Crippen molar-refractivity contribution in [3.63, 3.8) is 0 Å². The quantitative estimate of drug-likeness (QED) is 0.583. The zero-order valence-electron chi connectivity index (χ0n) is 10.4. The molecule has 0 amide bonds. The molecule has 0 heterocycles. The van der Waals surface area contributed by atoms with E-state index in [1.165, 1.54) is 14.2 Å². The van der Waals surface area contributed by atoms with Crippen molar-refractivity contribution in [2.75, 3.05) is 14.2 Å². The molecule has 0 unspecified atom stereocenters. The molecule has 0 saturated carbocycles. The second-order valence-electron chi connectivity index (χ2n) is 3.58. The summed E-state index contributed by atoms with van der Waals surface area (Å²) in [6, 6.07) is 4.81. The highest BCUT2D eigenvalue weighted by atomic mass is 17.2. The second kappa shape index (κ2) is 6.10. The Labute approximate surface area is 100 Å². The van der Waals surface area contributed by atoms with Crippen LogP contribution in [0.4, 0.5) is 0 Å². The van der Waals surface area contributed by atoms with Crippen LogP contribution in [0.1, 0.15) is 24.2 Å². The average molecular weight is 240 g/mol. The second-order valence-corrected chi connectivity index (χ2v) is 3.58. The van der Waals surface area contributed by atoms with Gasteiger partial charge in [-0.3, -0.25) is 4.89 Å². The molecule has 1 rings (SSSR count). The Morgan fingerprint density at radius 2 is 1.88 bits per heavy atom. The van der Waals surface area contributed by atoms with Gasteiger partial charge in [0.1, 0.15) is 17.1 Å². The molecule has 0 spiro atoms. The zero-order chi connectivity index (χ0) is 12.8. The first kappa shape index (κ1) is 13.3. The molecule has 5 nitrogen and oxygen atoms in total. The molecule has 0 aliphatic rings. The predicted molar refractivity (Wildman–Crippen MR) is 61.2 cm³/mol. The third kappa shape index (κ3) is 3.64. The summed E-state index contributed by atoms with van der Waals surface area (Å²) in [4.78, 5) is 21.1. The van der Waals surface area contributed by atoms with Crippen LogP contribution in [0.25, 0.3) is 0 Å². The molecule has 5 heteroatoms. The molecule has 0 aromatic heterocycles. The van der Waals surface area contributed by atoms with Gasteiger partial charge in [-0.1, -0.05) is 0 Å². The fourth-order valence-corrected chi connectivity index (χ4v) is 1.15. The van der Waals surface area contributed by atoms with Crippen LogP contribution in [0.15, 0.2) is 18.2 Å². The summed E-state index contributed by atoms with van der Waals surface area (Å²) < 4.78 is 10.1. The number of ether oxygens (including phenoxy) is 2. The Morgan fingerprint density at radius 1 is 1.18 bits per heavy atom. The number of carbonyl (C=O) groups is 1. The molecule has 0 atom stereocenters. The van der Waals surface area contributed by atoms with Crippen LogP contribution in [0.3, 0.4) is 0 Å². The Balaban J connectivity index is 2.85. The van der Waals surface area contributed by atoms with Crippen LogP contribution in [-0.4, -0.2) is 26.3 Å². The van der Waals surface area contributed by atoms with Crippen LogP contribution in [0.2, 0.25) is 0 Å². The van der Waals surface area contributed by atoms with Crippen molar-refractivity contribution in [2.45, 2.75) is 20.0 Å². The molecular weight excluding hydrogens is 224 g/mol. The van der Waals surface area contributed by atoms with Crippen molar-refractivity contribution in [1.29, 1.82) is 0 Å². The van der Waals surface area contributed by atoms with Gasteiger partial charge in [-0.05, 0) is 26.0 Å². The van der Waals surface area contributed by atoms with Gasteiger partial charge in [0.2, 0.25) is 0 Å². The molecule has 0 fully saturated rings. The Hall–Kier alpha value is -1.75. The van der Waals surface area contributed by atoms with E-state index in [1.807, 2.05) is 0 Å². The maximum Gasteiger partial charge on any atom is 0.376 e. The summed E-state index contributed by atoms with van der Waals surface area (Å²) in [6.45, 7) is 3.52. The monoisotopic (exact) mass is 240 g/mol. The summed E-state index contributed by atoms with van der Waals surface area (Å²) in [7, 11) is 3.00. The first-order valence-corrected chi connectivity index (χ1v) is 5.18. The molecule has 17 heavy (non-hydrogen) atoms. The van der Waals surface area contributed by atoms with Gasteiger partial charge in [-0.15, -0.1) is 0 Å². The third-order valence-corrected chi connectivity index (χ3v) is 1.94. The van der Waals surface area contributed by atoms with Gasteiger partial charge in [0.15, 0.2) is 0 Å². The van der Waals surface area contributed by atoms with Gasteiger partial charge in [0.25, 0.3) is 0 Å². The largest absolute Gasteiger partial charge is 0.497 e. The van der Waals surface area contributed by atoms with Crippen LogP contribution in [0.5, 0.6) is 11.5 Å². The maximum atomic E-state index is 11.7. The first-order valence-electron chi connectivity index (χ1n) is 5.18. The summed E-state index contributed by atoms with van der Waals surface area (Å²) in [5.74, 6) is 0.378. The van der Waals surface area contributed by atoms with E-state index in [9.17, 15) is 4.79 Å². The summed E-state index contributed by atoms with van der Waals surface area (Å²) >= 11 is 0. The Morgan fingerprint density at radius 3 is 2.41 bits per heavy atom. The summed E-state index contributed by atoms with van der Waals surface area (Å²) in [5.41, 5.74) is 0.286. The number of hydrogen-bond donors (Lipinski definition) is 0. The topological polar surface area (TPSA) is 54.0 Å². The molecule has 0 bridgehead atoms. The molecule has 1 aromatic carbocycles. The smallest absolute Gasteiger partial charge is 0.376 e. The van der Waals surface area contributed by atoms with E-state index in [1.54, 1.807) is 32.0 Å². The van der Waals surface area contributed by atoms with Crippen LogP contribution < -0.4 is 9.47 Å². The van der Waals surface area contributed by atoms with E-state index in [-0.39, 0.29) is 11.7 Å². The highest BCUT2D eigenvalue weighted by Gasteiger charge is 2.16. The molecule has 0 aliphatic carbocycles. The number of methoxy groups -OCH3 is 2. The number of rotatable bonds is 5. The zero-order valence-corrected chi connectivity index (χ0v) is 10.4. The SMILES string of the molecule is COc1ccc(C(=O)OOC(C)C)c(OC)c1. The van der Waals surface area contributed by atoms with E-state index < -0.39 is 5.97 Å². The molecule has 0 N–H and O–H groups in total. The van der Waals surface area contributed by atoms with Crippen LogP contribution >= 0.6 is 0 Å². The third-order valence-electron chi connectivity index (χ3n) is 1.94. The molecule has 0 radical (unpaired) electrons. The lowest BCUT2D eigenvalue weighted by Gasteiger charge is -2.10. The van der Waals surface area contributed by atoms with Crippen molar-refractivity contribution < 1.29 is 24.0 Å². The van der Waals surface area contributed by atoms with Gasteiger partial charge in [0, 0.05) is 6.07 Å². The van der Waals surface area contributed by atoms with Gasteiger partial charge in [-0.2, -0.15) is 4.89 Å². The lowest BCUT2D eigenvalue weighted by Crippen LogP contribution is -2.11. The molecule has 94 valence electrons. The van der Waals surface area contributed by atoms with Crippen molar-refractivity contribution in [1.82, 2.24) is 0 Å².